The van der Waals surface area contributed by atoms with Crippen LogP contribution >= 0.6 is 0 Å². The maximum absolute atomic E-state index is 13.1. The highest BCUT2D eigenvalue weighted by Crippen LogP contribution is 2.30. The molecule has 154 valence electrons. The molecule has 1 aromatic carbocycles. The first-order chi connectivity index (χ1) is 14.5. The van der Waals surface area contributed by atoms with Crippen molar-refractivity contribution in [2.45, 2.75) is 32.1 Å². The Morgan fingerprint density at radius 2 is 1.77 bits per heavy atom. The van der Waals surface area contributed by atoms with Crippen LogP contribution < -0.4 is 5.73 Å². The lowest BCUT2D eigenvalue weighted by Crippen LogP contribution is -2.39. The van der Waals surface area contributed by atoms with Gasteiger partial charge in [-0.3, -0.25) is 9.78 Å². The normalized spacial score (nSPS) is 14.7. The van der Waals surface area contributed by atoms with Gasteiger partial charge in [-0.15, -0.1) is 0 Å². The fraction of sp³-hybridized carbons (Fsp3) is 0.304. The van der Waals surface area contributed by atoms with Crippen LogP contribution in [0.4, 0.5) is 10.3 Å². The minimum atomic E-state index is -0.289. The van der Waals surface area contributed by atoms with E-state index in [9.17, 15) is 9.18 Å². The summed E-state index contributed by atoms with van der Waals surface area (Å²) in [7, 11) is 0. The van der Waals surface area contributed by atoms with Gasteiger partial charge in [0.15, 0.2) is 0 Å². The Labute approximate surface area is 175 Å². The Morgan fingerprint density at radius 3 is 2.43 bits per heavy atom. The van der Waals surface area contributed by atoms with E-state index in [0.29, 0.717) is 25.4 Å². The number of likely N-dealkylation sites (tertiary alicyclic amines) is 1. The van der Waals surface area contributed by atoms with Gasteiger partial charge >= 0.3 is 0 Å². The highest BCUT2D eigenvalue weighted by atomic mass is 19.1. The second-order valence-electron chi connectivity index (χ2n) is 7.71. The van der Waals surface area contributed by atoms with E-state index >= 15 is 0 Å². The molecule has 0 atom stereocenters. The number of hydrogen-bond donors (Lipinski definition) is 1. The summed E-state index contributed by atoms with van der Waals surface area (Å²) < 4.78 is 13.1. The van der Waals surface area contributed by atoms with Crippen molar-refractivity contribution >= 4 is 11.9 Å². The van der Waals surface area contributed by atoms with Crippen LogP contribution in [0, 0.1) is 12.7 Å². The molecule has 30 heavy (non-hydrogen) atoms. The number of piperidine rings is 1. The summed E-state index contributed by atoms with van der Waals surface area (Å²) in [6.45, 7) is 3.37. The zero-order valence-electron chi connectivity index (χ0n) is 16.9. The number of halogens is 1. The van der Waals surface area contributed by atoms with Crippen molar-refractivity contribution in [2.75, 3.05) is 18.8 Å². The summed E-state index contributed by atoms with van der Waals surface area (Å²) in [5.41, 5.74) is 10.3. The van der Waals surface area contributed by atoms with Crippen LogP contribution in [-0.2, 0) is 11.2 Å². The SMILES string of the molecule is Cc1cc(-c2cnc(N)nc2)cc(C2CCN(C(=O)Cc3ccc(F)cc3)CC2)n1. The van der Waals surface area contributed by atoms with E-state index in [4.69, 9.17) is 10.7 Å². The molecule has 1 aliphatic heterocycles. The predicted octanol–water partition coefficient (Wildman–Crippen LogP) is 3.52. The molecule has 0 spiro atoms. The van der Waals surface area contributed by atoms with Gasteiger partial charge in [-0.05, 0) is 55.2 Å². The van der Waals surface area contributed by atoms with Gasteiger partial charge in [-0.2, -0.15) is 0 Å². The first-order valence-corrected chi connectivity index (χ1v) is 10.1. The first-order valence-electron chi connectivity index (χ1n) is 10.1. The van der Waals surface area contributed by atoms with Crippen LogP contribution in [0.2, 0.25) is 0 Å². The van der Waals surface area contributed by atoms with Crippen LogP contribution in [0.5, 0.6) is 0 Å². The van der Waals surface area contributed by atoms with Gasteiger partial charge in [0.05, 0.1) is 6.42 Å². The van der Waals surface area contributed by atoms with Crippen LogP contribution in [0.3, 0.4) is 0 Å². The van der Waals surface area contributed by atoms with E-state index in [1.54, 1.807) is 24.5 Å². The third-order valence-electron chi connectivity index (χ3n) is 5.51. The van der Waals surface area contributed by atoms with E-state index in [1.165, 1.54) is 12.1 Å². The molecule has 3 heterocycles. The lowest BCUT2D eigenvalue weighted by Gasteiger charge is -2.32. The van der Waals surface area contributed by atoms with Gasteiger partial charge in [-0.25, -0.2) is 14.4 Å². The number of anilines is 1. The Bertz CT molecular complexity index is 1030. The molecule has 0 radical (unpaired) electrons. The maximum Gasteiger partial charge on any atom is 0.226 e. The number of carbonyl (C=O) groups is 1. The largest absolute Gasteiger partial charge is 0.368 e. The van der Waals surface area contributed by atoms with Gasteiger partial charge in [0, 0.05) is 48.4 Å². The number of carbonyl (C=O) groups excluding carboxylic acids is 1. The van der Waals surface area contributed by atoms with Crippen LogP contribution in [-0.4, -0.2) is 38.8 Å². The van der Waals surface area contributed by atoms with E-state index in [-0.39, 0.29) is 17.7 Å². The predicted molar refractivity (Wildman–Crippen MR) is 113 cm³/mol. The number of nitrogens with two attached hydrogens (primary N) is 1. The number of nitrogen functional groups attached to an aromatic ring is 1. The van der Waals surface area contributed by atoms with Crippen LogP contribution in [0.15, 0.2) is 48.8 Å². The molecule has 1 amide bonds. The third kappa shape index (κ3) is 4.62. The fourth-order valence-electron chi connectivity index (χ4n) is 3.87. The van der Waals surface area contributed by atoms with Gasteiger partial charge < -0.3 is 10.6 Å². The third-order valence-corrected chi connectivity index (χ3v) is 5.51. The topological polar surface area (TPSA) is 85.0 Å². The number of aryl methyl sites for hydroxylation is 1. The molecule has 0 unspecified atom stereocenters. The number of aromatic nitrogens is 3. The molecular weight excluding hydrogens is 381 g/mol. The van der Waals surface area contributed by atoms with Gasteiger partial charge in [0.1, 0.15) is 5.82 Å². The summed E-state index contributed by atoms with van der Waals surface area (Å²) >= 11 is 0. The molecule has 2 N–H and O–H groups in total. The number of hydrogen-bond acceptors (Lipinski definition) is 5. The van der Waals surface area contributed by atoms with E-state index in [2.05, 4.69) is 16.0 Å². The fourth-order valence-corrected chi connectivity index (χ4v) is 3.87. The van der Waals surface area contributed by atoms with E-state index in [0.717, 1.165) is 40.9 Å². The van der Waals surface area contributed by atoms with Crippen molar-refractivity contribution in [2.24, 2.45) is 0 Å². The summed E-state index contributed by atoms with van der Waals surface area (Å²) in [6.07, 6.45) is 5.47. The molecule has 4 rings (SSSR count). The average Bonchev–Trinajstić information content (AvgIpc) is 2.75. The minimum Gasteiger partial charge on any atom is -0.368 e. The molecule has 0 aliphatic carbocycles. The molecule has 1 aliphatic rings. The summed E-state index contributed by atoms with van der Waals surface area (Å²) in [6, 6.07) is 10.2. The molecule has 0 bridgehead atoms. The van der Waals surface area contributed by atoms with E-state index < -0.39 is 0 Å². The van der Waals surface area contributed by atoms with Crippen LogP contribution in [0.1, 0.15) is 35.7 Å². The Balaban J connectivity index is 1.41. The van der Waals surface area contributed by atoms with Crippen LogP contribution in [0.25, 0.3) is 11.1 Å². The highest BCUT2D eigenvalue weighted by molar-refractivity contribution is 5.78. The summed E-state index contributed by atoms with van der Waals surface area (Å²) in [5.74, 6) is 0.343. The Hall–Kier alpha value is -3.35. The smallest absolute Gasteiger partial charge is 0.226 e. The molecule has 1 saturated heterocycles. The van der Waals surface area contributed by atoms with Gasteiger partial charge in [0.25, 0.3) is 0 Å². The minimum absolute atomic E-state index is 0.0805. The van der Waals surface area contributed by atoms with Gasteiger partial charge in [0.2, 0.25) is 11.9 Å². The average molecular weight is 405 g/mol. The molecular formula is C23H24FN5O. The summed E-state index contributed by atoms with van der Waals surface area (Å²) in [4.78, 5) is 27.4. The number of rotatable bonds is 4. The van der Waals surface area contributed by atoms with Gasteiger partial charge in [-0.1, -0.05) is 12.1 Å². The maximum atomic E-state index is 13.1. The van der Waals surface area contributed by atoms with Crippen molar-refractivity contribution < 1.29 is 9.18 Å². The molecule has 6 nitrogen and oxygen atoms in total. The van der Waals surface area contributed by atoms with Crippen molar-refractivity contribution in [1.29, 1.82) is 0 Å². The Kier molecular flexibility index (Phi) is 5.70. The zero-order chi connectivity index (χ0) is 21.1. The molecule has 1 fully saturated rings. The second kappa shape index (κ2) is 8.57. The quantitative estimate of drug-likeness (QED) is 0.718. The number of benzene rings is 1. The van der Waals surface area contributed by atoms with Crippen molar-refractivity contribution in [1.82, 2.24) is 19.9 Å². The Morgan fingerprint density at radius 1 is 1.10 bits per heavy atom. The lowest BCUT2D eigenvalue weighted by atomic mass is 9.91. The monoisotopic (exact) mass is 405 g/mol. The van der Waals surface area contributed by atoms with Crippen molar-refractivity contribution in [3.8, 4) is 11.1 Å². The molecule has 2 aromatic heterocycles. The standard InChI is InChI=1S/C23H24FN5O/c1-15-10-18(19-13-26-23(25)27-14-19)12-21(28-15)17-6-8-29(9-7-17)22(30)11-16-2-4-20(24)5-3-16/h2-5,10,12-14,17H,6-9,11H2,1H3,(H2,25,26,27). The molecule has 0 saturated carbocycles. The number of nitrogens with zero attached hydrogens (tertiary/aromatic N) is 4. The summed E-state index contributed by atoms with van der Waals surface area (Å²) in [5, 5.41) is 0. The van der Waals surface area contributed by atoms with E-state index in [1.807, 2.05) is 17.9 Å². The zero-order valence-corrected chi connectivity index (χ0v) is 16.9. The lowest BCUT2D eigenvalue weighted by molar-refractivity contribution is -0.131. The first kappa shape index (κ1) is 19.9. The second-order valence-corrected chi connectivity index (χ2v) is 7.71. The van der Waals surface area contributed by atoms with Crippen molar-refractivity contribution in [3.05, 3.63) is 71.6 Å². The molecule has 7 heteroatoms. The van der Waals surface area contributed by atoms with Crippen molar-refractivity contribution in [3.63, 3.8) is 0 Å². The molecule has 3 aromatic rings. The number of amides is 1. The number of pyridine rings is 1. The highest BCUT2D eigenvalue weighted by Gasteiger charge is 2.25.